The molecule has 1 aromatic heterocycles. The Labute approximate surface area is 239 Å². The van der Waals surface area contributed by atoms with E-state index in [-0.39, 0.29) is 0 Å². The molecule has 1 atom stereocenters. The molecular weight excluding hydrogens is 496 g/mol. The second-order valence-corrected chi connectivity index (χ2v) is 11.7. The van der Waals surface area contributed by atoms with Gasteiger partial charge in [-0.05, 0) is 89.2 Å². The minimum atomic E-state index is -0.778. The van der Waals surface area contributed by atoms with Crippen LogP contribution in [-0.4, -0.2) is 53.5 Å². The Morgan fingerprint density at radius 1 is 0.950 bits per heavy atom. The van der Waals surface area contributed by atoms with Crippen LogP contribution < -0.4 is 15.8 Å². The van der Waals surface area contributed by atoms with Gasteiger partial charge in [0.25, 0.3) is 0 Å². The number of anilines is 1. The number of likely N-dealkylation sites (N-methyl/N-ethyl adjacent to an activating group) is 1. The lowest BCUT2D eigenvalue weighted by atomic mass is 9.83. The Balaban J connectivity index is 0.000000194. The third kappa shape index (κ3) is 6.70. The van der Waals surface area contributed by atoms with E-state index < -0.39 is 5.72 Å². The molecule has 0 amide bonds. The number of fused-ring (bicyclic) bond motifs is 1. The topological polar surface area (TPSA) is 88.7 Å². The largest absolute Gasteiger partial charge is 0.448 e. The SMILES string of the molecule is CN1CCC(Cc2ccccc2)CC1.CNC1(C)Oc2ncnc(N)c2N=C1c1ccc(C2CCCCC2)cc1. The van der Waals surface area contributed by atoms with Crippen molar-refractivity contribution in [2.45, 2.75) is 69.9 Å². The lowest BCUT2D eigenvalue weighted by Gasteiger charge is -2.34. The van der Waals surface area contributed by atoms with Crippen LogP contribution in [0.2, 0.25) is 0 Å². The number of aliphatic imine (C=N–C) groups is 1. The predicted octanol–water partition coefficient (Wildman–Crippen LogP) is 6.13. The third-order valence-corrected chi connectivity index (χ3v) is 8.74. The van der Waals surface area contributed by atoms with E-state index in [1.807, 2.05) is 14.0 Å². The van der Waals surface area contributed by atoms with Crippen molar-refractivity contribution < 1.29 is 4.74 Å². The average Bonchev–Trinajstić information content (AvgIpc) is 3.00. The zero-order valence-electron chi connectivity index (χ0n) is 24.3. The molecule has 2 fully saturated rings. The Kier molecular flexibility index (Phi) is 9.12. The summed E-state index contributed by atoms with van der Waals surface area (Å²) < 4.78 is 6.09. The van der Waals surface area contributed by atoms with E-state index in [1.54, 1.807) is 0 Å². The van der Waals surface area contributed by atoms with E-state index in [4.69, 9.17) is 15.5 Å². The highest BCUT2D eigenvalue weighted by Gasteiger charge is 2.38. The normalized spacial score (nSPS) is 21.9. The first-order chi connectivity index (χ1) is 19.4. The predicted molar refractivity (Wildman–Crippen MR) is 163 cm³/mol. The zero-order chi connectivity index (χ0) is 28.0. The summed E-state index contributed by atoms with van der Waals surface area (Å²) in [4.78, 5) is 15.4. The second kappa shape index (κ2) is 12.9. The van der Waals surface area contributed by atoms with Gasteiger partial charge in [-0.3, -0.25) is 5.32 Å². The Morgan fingerprint density at radius 2 is 1.65 bits per heavy atom. The van der Waals surface area contributed by atoms with Crippen molar-refractivity contribution in [3.8, 4) is 5.88 Å². The maximum atomic E-state index is 6.09. The van der Waals surface area contributed by atoms with Crippen LogP contribution in [0.5, 0.6) is 5.88 Å². The standard InChI is InChI=1S/C20H25N5O.C13H19N/c1-20(22-2)17(25-16-18(21)23-12-24-19(16)26-20)15-10-8-14(9-11-15)13-6-4-3-5-7-13;1-14-9-7-13(8-10-14)11-12-5-3-2-4-6-12/h8-13,22H,3-7H2,1-2H3,(H2,21,23,24);2-6,13H,7-11H2,1H3. The van der Waals surface area contributed by atoms with Crippen LogP contribution in [0.1, 0.15) is 74.5 Å². The third-order valence-electron chi connectivity index (χ3n) is 8.74. The van der Waals surface area contributed by atoms with E-state index in [0.29, 0.717) is 23.3 Å². The molecule has 0 spiro atoms. The number of nitrogens with one attached hydrogen (secondary N) is 1. The monoisotopic (exact) mass is 540 g/mol. The molecule has 3 aliphatic rings. The Bertz CT molecular complexity index is 1260. The van der Waals surface area contributed by atoms with Gasteiger partial charge in [0.2, 0.25) is 11.6 Å². The lowest BCUT2D eigenvalue weighted by Crippen LogP contribution is -2.54. The molecule has 40 heavy (non-hydrogen) atoms. The second-order valence-electron chi connectivity index (χ2n) is 11.7. The number of nitrogens with zero attached hydrogens (tertiary/aromatic N) is 4. The molecule has 2 aromatic carbocycles. The minimum Gasteiger partial charge on any atom is -0.448 e. The number of ether oxygens (including phenoxy) is 1. The number of hydrogen-bond acceptors (Lipinski definition) is 7. The van der Waals surface area contributed by atoms with E-state index in [1.165, 1.54) is 81.9 Å². The smallest absolute Gasteiger partial charge is 0.247 e. The zero-order valence-corrected chi connectivity index (χ0v) is 24.3. The van der Waals surface area contributed by atoms with Gasteiger partial charge in [-0.15, -0.1) is 0 Å². The molecule has 3 heterocycles. The summed E-state index contributed by atoms with van der Waals surface area (Å²) in [6, 6.07) is 19.6. The van der Waals surface area contributed by atoms with E-state index in [2.05, 4.69) is 81.8 Å². The molecule has 1 aliphatic carbocycles. The minimum absolute atomic E-state index is 0.324. The van der Waals surface area contributed by atoms with Crippen LogP contribution >= 0.6 is 0 Å². The molecule has 0 bridgehead atoms. The number of nitrogen functional groups attached to an aromatic ring is 1. The molecule has 212 valence electrons. The Hall–Kier alpha value is -3.29. The number of rotatable bonds is 5. The average molecular weight is 541 g/mol. The summed E-state index contributed by atoms with van der Waals surface area (Å²) in [6.45, 7) is 4.50. The van der Waals surface area contributed by atoms with Gasteiger partial charge in [0.05, 0.1) is 0 Å². The molecule has 1 saturated carbocycles. The quantitative estimate of drug-likeness (QED) is 0.405. The van der Waals surface area contributed by atoms with Gasteiger partial charge in [0, 0.05) is 5.56 Å². The molecule has 3 N–H and O–H groups in total. The fourth-order valence-corrected chi connectivity index (χ4v) is 6.09. The molecule has 2 aliphatic heterocycles. The Morgan fingerprint density at radius 3 is 2.33 bits per heavy atom. The summed E-state index contributed by atoms with van der Waals surface area (Å²) in [5.74, 6) is 2.32. The molecule has 7 nitrogen and oxygen atoms in total. The summed E-state index contributed by atoms with van der Waals surface area (Å²) in [7, 11) is 4.07. The number of hydrogen-bond donors (Lipinski definition) is 2. The number of likely N-dealkylation sites (tertiary alicyclic amines) is 1. The van der Waals surface area contributed by atoms with Crippen LogP contribution in [-0.2, 0) is 6.42 Å². The fourth-order valence-electron chi connectivity index (χ4n) is 6.09. The number of nitrogens with two attached hydrogens (primary N) is 1. The van der Waals surface area contributed by atoms with Gasteiger partial charge in [-0.25, -0.2) is 9.98 Å². The molecule has 1 saturated heterocycles. The number of benzene rings is 2. The van der Waals surface area contributed by atoms with Crippen molar-refractivity contribution in [2.24, 2.45) is 10.9 Å². The highest BCUT2D eigenvalue weighted by molar-refractivity contribution is 6.09. The molecule has 7 heteroatoms. The summed E-state index contributed by atoms with van der Waals surface area (Å²) in [6.07, 6.45) is 12.0. The van der Waals surface area contributed by atoms with Gasteiger partial charge in [-0.2, -0.15) is 4.98 Å². The molecule has 0 radical (unpaired) electrons. The van der Waals surface area contributed by atoms with E-state index >= 15 is 0 Å². The number of piperidine rings is 1. The molecular formula is C33H44N6O. The fraction of sp³-hybridized carbons (Fsp3) is 0.485. The maximum Gasteiger partial charge on any atom is 0.247 e. The van der Waals surface area contributed by atoms with Crippen LogP contribution in [0.15, 0.2) is 65.9 Å². The van der Waals surface area contributed by atoms with Crippen LogP contribution in [0, 0.1) is 5.92 Å². The van der Waals surface area contributed by atoms with Crippen molar-refractivity contribution in [3.63, 3.8) is 0 Å². The molecule has 3 aromatic rings. The molecule has 6 rings (SSSR count). The maximum absolute atomic E-state index is 6.09. The first-order valence-corrected chi connectivity index (χ1v) is 14.9. The van der Waals surface area contributed by atoms with Crippen molar-refractivity contribution in [2.75, 3.05) is 32.9 Å². The molecule has 1 unspecified atom stereocenters. The summed E-state index contributed by atoms with van der Waals surface area (Å²) >= 11 is 0. The first kappa shape index (κ1) is 28.2. The highest BCUT2D eigenvalue weighted by atomic mass is 16.5. The summed E-state index contributed by atoms with van der Waals surface area (Å²) in [5.41, 5.74) is 10.4. The van der Waals surface area contributed by atoms with Gasteiger partial charge in [0.1, 0.15) is 12.0 Å². The summed E-state index contributed by atoms with van der Waals surface area (Å²) in [5, 5.41) is 3.21. The van der Waals surface area contributed by atoms with Crippen molar-refractivity contribution in [3.05, 3.63) is 77.6 Å². The van der Waals surface area contributed by atoms with Gasteiger partial charge < -0.3 is 15.4 Å². The van der Waals surface area contributed by atoms with Gasteiger partial charge in [-0.1, -0.05) is 73.9 Å². The van der Waals surface area contributed by atoms with Crippen molar-refractivity contribution in [1.29, 1.82) is 0 Å². The van der Waals surface area contributed by atoms with Crippen LogP contribution in [0.4, 0.5) is 11.5 Å². The van der Waals surface area contributed by atoms with Crippen molar-refractivity contribution in [1.82, 2.24) is 20.2 Å². The van der Waals surface area contributed by atoms with E-state index in [0.717, 1.165) is 17.2 Å². The van der Waals surface area contributed by atoms with Crippen LogP contribution in [0.25, 0.3) is 0 Å². The highest BCUT2D eigenvalue weighted by Crippen LogP contribution is 2.38. The van der Waals surface area contributed by atoms with E-state index in [9.17, 15) is 0 Å². The van der Waals surface area contributed by atoms with Gasteiger partial charge >= 0.3 is 0 Å². The first-order valence-electron chi connectivity index (χ1n) is 14.9. The number of aromatic nitrogens is 2. The van der Waals surface area contributed by atoms with Crippen molar-refractivity contribution >= 4 is 17.2 Å². The van der Waals surface area contributed by atoms with Crippen LogP contribution in [0.3, 0.4) is 0 Å². The van der Waals surface area contributed by atoms with Gasteiger partial charge in [0.15, 0.2) is 11.5 Å². The lowest BCUT2D eigenvalue weighted by molar-refractivity contribution is 0.123.